The first-order valence-corrected chi connectivity index (χ1v) is 7.53. The van der Waals surface area contributed by atoms with Crippen LogP contribution in [0.2, 0.25) is 0 Å². The van der Waals surface area contributed by atoms with Gasteiger partial charge in [0.15, 0.2) is 5.13 Å². The normalized spacial score (nSPS) is 19.2. The van der Waals surface area contributed by atoms with Crippen molar-refractivity contribution in [2.24, 2.45) is 0 Å². The van der Waals surface area contributed by atoms with E-state index >= 15 is 0 Å². The number of nitrogen functional groups attached to an aromatic ring is 1. The molecule has 2 aliphatic rings. The summed E-state index contributed by atoms with van der Waals surface area (Å²) in [5, 5.41) is 0.894. The molecule has 5 nitrogen and oxygen atoms in total. The molecule has 0 bridgehead atoms. The fraction of sp³-hybridized carbons (Fsp3) is 0.538. The molecule has 6 heteroatoms. The van der Waals surface area contributed by atoms with Gasteiger partial charge in [0.1, 0.15) is 10.7 Å². The van der Waals surface area contributed by atoms with Crippen molar-refractivity contribution in [3.05, 3.63) is 17.0 Å². The van der Waals surface area contributed by atoms with Crippen LogP contribution in [0.3, 0.4) is 0 Å². The van der Waals surface area contributed by atoms with E-state index in [0.717, 1.165) is 31.2 Å². The zero-order chi connectivity index (χ0) is 13.2. The zero-order valence-corrected chi connectivity index (χ0v) is 11.7. The van der Waals surface area contributed by atoms with E-state index in [-0.39, 0.29) is 5.91 Å². The highest BCUT2D eigenvalue weighted by molar-refractivity contribution is 7.18. The van der Waals surface area contributed by atoms with Gasteiger partial charge in [0, 0.05) is 26.2 Å². The van der Waals surface area contributed by atoms with E-state index in [2.05, 4.69) is 16.0 Å². The molecular weight excluding hydrogens is 260 g/mol. The van der Waals surface area contributed by atoms with Gasteiger partial charge in [0.25, 0.3) is 5.91 Å². The van der Waals surface area contributed by atoms with Gasteiger partial charge >= 0.3 is 0 Å². The van der Waals surface area contributed by atoms with Gasteiger partial charge in [-0.25, -0.2) is 4.98 Å². The number of carbonyl (C=O) groups is 1. The van der Waals surface area contributed by atoms with E-state index in [9.17, 15) is 4.79 Å². The zero-order valence-electron chi connectivity index (χ0n) is 10.8. The highest BCUT2D eigenvalue weighted by Crippen LogP contribution is 2.31. The summed E-state index contributed by atoms with van der Waals surface area (Å²) in [6.07, 6.45) is 7.44. The van der Waals surface area contributed by atoms with Gasteiger partial charge in [0.05, 0.1) is 0 Å². The first-order chi connectivity index (χ1) is 9.25. The fourth-order valence-corrected chi connectivity index (χ4v) is 3.49. The Kier molecular flexibility index (Phi) is 3.42. The number of aromatic nitrogens is 1. The van der Waals surface area contributed by atoms with Gasteiger partial charge in [-0.3, -0.25) is 4.79 Å². The van der Waals surface area contributed by atoms with Crippen LogP contribution in [0, 0.1) is 0 Å². The van der Waals surface area contributed by atoms with E-state index in [1.165, 1.54) is 24.2 Å². The monoisotopic (exact) mass is 278 g/mol. The van der Waals surface area contributed by atoms with Crippen LogP contribution >= 0.6 is 11.3 Å². The second kappa shape index (κ2) is 5.21. The molecule has 0 aliphatic carbocycles. The van der Waals surface area contributed by atoms with E-state index < -0.39 is 0 Å². The van der Waals surface area contributed by atoms with Gasteiger partial charge in [-0.1, -0.05) is 23.5 Å². The fourth-order valence-electron chi connectivity index (χ4n) is 2.49. The number of nitrogens with zero attached hydrogens (tertiary/aromatic N) is 3. The molecule has 3 rings (SSSR count). The number of carbonyl (C=O) groups excluding carboxylic acids is 1. The summed E-state index contributed by atoms with van der Waals surface area (Å²) in [6.45, 7) is 3.49. The van der Waals surface area contributed by atoms with E-state index in [1.54, 1.807) is 0 Å². The number of nitrogens with two attached hydrogens (primary N) is 1. The Bertz CT molecular complexity index is 505. The maximum absolute atomic E-state index is 12.4. The van der Waals surface area contributed by atoms with Gasteiger partial charge in [-0.05, 0) is 19.3 Å². The molecule has 1 amide bonds. The molecule has 2 aliphatic heterocycles. The lowest BCUT2D eigenvalue weighted by Crippen LogP contribution is -2.33. The van der Waals surface area contributed by atoms with Crippen LogP contribution in [-0.4, -0.2) is 42.0 Å². The molecular formula is C13H18N4OS. The minimum atomic E-state index is 0.0183. The highest BCUT2D eigenvalue weighted by atomic mass is 32.1. The summed E-state index contributed by atoms with van der Waals surface area (Å²) < 4.78 is 0. The first kappa shape index (κ1) is 12.5. The highest BCUT2D eigenvalue weighted by Gasteiger charge is 2.24. The lowest BCUT2D eigenvalue weighted by molar-refractivity contribution is 0.0776. The summed E-state index contributed by atoms with van der Waals surface area (Å²) in [7, 11) is 0. The Morgan fingerprint density at radius 2 is 2.05 bits per heavy atom. The van der Waals surface area contributed by atoms with E-state index in [1.807, 2.05) is 11.0 Å². The van der Waals surface area contributed by atoms with Crippen LogP contribution in [-0.2, 0) is 0 Å². The Morgan fingerprint density at radius 1 is 1.26 bits per heavy atom. The molecule has 0 spiro atoms. The number of anilines is 2. The average Bonchev–Trinajstić information content (AvgIpc) is 3.08. The van der Waals surface area contributed by atoms with Crippen LogP contribution in [0.15, 0.2) is 12.2 Å². The number of thiazole rings is 1. The predicted molar refractivity (Wildman–Crippen MR) is 77.6 cm³/mol. The van der Waals surface area contributed by atoms with Crippen LogP contribution in [0.5, 0.6) is 0 Å². The van der Waals surface area contributed by atoms with Crippen molar-refractivity contribution in [3.8, 4) is 0 Å². The molecule has 3 heterocycles. The molecule has 1 aromatic heterocycles. The molecule has 2 N–H and O–H groups in total. The lowest BCUT2D eigenvalue weighted by Gasteiger charge is -2.22. The van der Waals surface area contributed by atoms with Crippen molar-refractivity contribution < 1.29 is 4.79 Å². The van der Waals surface area contributed by atoms with Gasteiger partial charge in [0.2, 0.25) is 0 Å². The van der Waals surface area contributed by atoms with Gasteiger partial charge < -0.3 is 15.5 Å². The standard InChI is InChI=1S/C13H18N4OS/c14-11-10(12(18)16-6-2-1-3-7-16)19-13(15-11)17-8-4-5-9-17/h1-2H,3-9,14H2. The van der Waals surface area contributed by atoms with Crippen LogP contribution in [0.4, 0.5) is 10.9 Å². The molecule has 0 aromatic carbocycles. The maximum atomic E-state index is 12.4. The average molecular weight is 278 g/mol. The lowest BCUT2D eigenvalue weighted by atomic mass is 10.2. The Balaban J connectivity index is 1.80. The summed E-state index contributed by atoms with van der Waals surface area (Å²) in [5.41, 5.74) is 5.92. The van der Waals surface area contributed by atoms with Crippen molar-refractivity contribution in [2.45, 2.75) is 19.3 Å². The van der Waals surface area contributed by atoms with Crippen LogP contribution in [0.25, 0.3) is 0 Å². The largest absolute Gasteiger partial charge is 0.382 e. The van der Waals surface area contributed by atoms with Crippen molar-refractivity contribution in [1.29, 1.82) is 0 Å². The van der Waals surface area contributed by atoms with Crippen LogP contribution in [0.1, 0.15) is 28.9 Å². The van der Waals surface area contributed by atoms with Crippen molar-refractivity contribution in [3.63, 3.8) is 0 Å². The second-order valence-corrected chi connectivity index (χ2v) is 5.89. The van der Waals surface area contributed by atoms with Gasteiger partial charge in [-0.15, -0.1) is 0 Å². The third-order valence-electron chi connectivity index (χ3n) is 3.56. The second-order valence-electron chi connectivity index (χ2n) is 4.92. The SMILES string of the molecule is Nc1nc(N2CCCC2)sc1C(=O)N1CC=CCC1. The summed E-state index contributed by atoms with van der Waals surface area (Å²) in [5.74, 6) is 0.399. The molecule has 102 valence electrons. The molecule has 19 heavy (non-hydrogen) atoms. The summed E-state index contributed by atoms with van der Waals surface area (Å²) in [6, 6.07) is 0. The van der Waals surface area contributed by atoms with E-state index in [0.29, 0.717) is 17.2 Å². The minimum absolute atomic E-state index is 0.0183. The minimum Gasteiger partial charge on any atom is -0.382 e. The molecule has 0 atom stereocenters. The van der Waals surface area contributed by atoms with Gasteiger partial charge in [-0.2, -0.15) is 0 Å². The predicted octanol–water partition coefficient (Wildman–Crippen LogP) is 1.73. The van der Waals surface area contributed by atoms with Crippen molar-refractivity contribution in [2.75, 3.05) is 36.8 Å². The first-order valence-electron chi connectivity index (χ1n) is 6.71. The van der Waals surface area contributed by atoms with Crippen molar-refractivity contribution >= 4 is 28.2 Å². The molecule has 1 saturated heterocycles. The van der Waals surface area contributed by atoms with Crippen LogP contribution < -0.4 is 10.6 Å². The number of amides is 1. The molecule has 0 radical (unpaired) electrons. The quantitative estimate of drug-likeness (QED) is 0.837. The molecule has 0 unspecified atom stereocenters. The Morgan fingerprint density at radius 3 is 2.74 bits per heavy atom. The van der Waals surface area contributed by atoms with E-state index in [4.69, 9.17) is 5.73 Å². The maximum Gasteiger partial charge on any atom is 0.268 e. The number of hydrogen-bond donors (Lipinski definition) is 1. The number of rotatable bonds is 2. The molecule has 0 saturated carbocycles. The third-order valence-corrected chi connectivity index (χ3v) is 4.68. The third kappa shape index (κ3) is 2.45. The Labute approximate surface area is 116 Å². The van der Waals surface area contributed by atoms with Crippen molar-refractivity contribution in [1.82, 2.24) is 9.88 Å². The molecule has 1 aromatic rings. The number of hydrogen-bond acceptors (Lipinski definition) is 5. The summed E-state index contributed by atoms with van der Waals surface area (Å²) >= 11 is 1.43. The topological polar surface area (TPSA) is 62.5 Å². The smallest absolute Gasteiger partial charge is 0.268 e. The Hall–Kier alpha value is -1.56. The molecule has 1 fully saturated rings. The summed E-state index contributed by atoms with van der Waals surface area (Å²) in [4.78, 5) is 21.4.